The highest BCUT2D eigenvalue weighted by Gasteiger charge is 2.15. The topological polar surface area (TPSA) is 80.6 Å². The third-order valence-corrected chi connectivity index (χ3v) is 2.00. The number of furan rings is 1. The fourth-order valence-electron chi connectivity index (χ4n) is 1.15. The van der Waals surface area contributed by atoms with Crippen molar-refractivity contribution in [2.24, 2.45) is 0 Å². The predicted octanol–water partition coefficient (Wildman–Crippen LogP) is -0.0982. The van der Waals surface area contributed by atoms with Crippen LogP contribution in [0.4, 0.5) is 0 Å². The first-order valence-corrected chi connectivity index (χ1v) is 4.75. The van der Waals surface area contributed by atoms with Gasteiger partial charge in [-0.2, -0.15) is 0 Å². The third kappa shape index (κ3) is 3.09. The van der Waals surface area contributed by atoms with E-state index in [1.807, 2.05) is 0 Å². The molecule has 1 amide bonds. The molecule has 0 aliphatic carbocycles. The molecule has 1 heterocycles. The summed E-state index contributed by atoms with van der Waals surface area (Å²) >= 11 is 0. The Morgan fingerprint density at radius 3 is 2.88 bits per heavy atom. The monoisotopic (exact) mass is 226 g/mol. The molecule has 0 radical (unpaired) electrons. The van der Waals surface area contributed by atoms with Crippen LogP contribution in [0.2, 0.25) is 0 Å². The minimum Gasteiger partial charge on any atom is -0.463 e. The number of ether oxygens (including phenoxy) is 1. The van der Waals surface area contributed by atoms with E-state index in [0.29, 0.717) is 12.1 Å². The molecule has 6 nitrogen and oxygen atoms in total. The molecule has 0 aliphatic rings. The number of hydrogen-bond acceptors (Lipinski definition) is 5. The first-order valence-electron chi connectivity index (χ1n) is 4.75. The number of hydrogen-bond donors (Lipinski definition) is 2. The van der Waals surface area contributed by atoms with Gasteiger partial charge in [0, 0.05) is 19.2 Å². The minimum atomic E-state index is -0.526. The van der Waals surface area contributed by atoms with E-state index < -0.39 is 5.97 Å². The molecule has 2 N–H and O–H groups in total. The summed E-state index contributed by atoms with van der Waals surface area (Å²) in [5.74, 6) is -0.489. The zero-order valence-electron chi connectivity index (χ0n) is 9.20. The van der Waals surface area contributed by atoms with Crippen LogP contribution in [0.3, 0.4) is 0 Å². The van der Waals surface area contributed by atoms with Gasteiger partial charge in [-0.3, -0.25) is 4.79 Å². The Morgan fingerprint density at radius 1 is 1.50 bits per heavy atom. The summed E-state index contributed by atoms with van der Waals surface area (Å²) in [5.41, 5.74) is 0.663. The second-order valence-electron chi connectivity index (χ2n) is 3.04. The van der Waals surface area contributed by atoms with E-state index in [0.717, 1.165) is 0 Å². The molecule has 0 aliphatic heterocycles. The Kier molecular flexibility index (Phi) is 4.53. The lowest BCUT2D eigenvalue weighted by Crippen LogP contribution is -2.31. The molecule has 6 heteroatoms. The number of carbonyl (C=O) groups is 2. The summed E-state index contributed by atoms with van der Waals surface area (Å²) in [6, 6.07) is 1.66. The maximum absolute atomic E-state index is 11.2. The van der Waals surface area contributed by atoms with Gasteiger partial charge < -0.3 is 19.8 Å². The highest BCUT2D eigenvalue weighted by molar-refractivity contribution is 5.87. The second-order valence-corrected chi connectivity index (χ2v) is 3.04. The van der Waals surface area contributed by atoms with E-state index >= 15 is 0 Å². The number of esters is 1. The van der Waals surface area contributed by atoms with E-state index in [-0.39, 0.29) is 18.2 Å². The number of likely N-dealkylation sites (N-methyl/N-ethyl adjacent to an activating group) is 1. The quantitative estimate of drug-likeness (QED) is 0.685. The predicted molar refractivity (Wildman–Crippen MR) is 55.8 cm³/mol. The molecule has 0 aromatic carbocycles. The average Bonchev–Trinajstić information content (AvgIpc) is 2.76. The molecule has 1 aromatic heterocycles. The van der Waals surface area contributed by atoms with Crippen molar-refractivity contribution in [3.8, 4) is 0 Å². The summed E-state index contributed by atoms with van der Waals surface area (Å²) in [6.07, 6.45) is 1.41. The summed E-state index contributed by atoms with van der Waals surface area (Å²) in [7, 11) is 2.84. The lowest BCUT2D eigenvalue weighted by atomic mass is 10.2. The van der Waals surface area contributed by atoms with Gasteiger partial charge in [0.2, 0.25) is 11.7 Å². The zero-order valence-corrected chi connectivity index (χ0v) is 9.20. The van der Waals surface area contributed by atoms with E-state index in [2.05, 4.69) is 15.4 Å². The van der Waals surface area contributed by atoms with E-state index in [9.17, 15) is 9.59 Å². The van der Waals surface area contributed by atoms with Crippen molar-refractivity contribution in [3.63, 3.8) is 0 Å². The third-order valence-electron chi connectivity index (χ3n) is 2.00. The summed E-state index contributed by atoms with van der Waals surface area (Å²) in [5, 5.41) is 5.36. The lowest BCUT2D eigenvalue weighted by Gasteiger charge is -2.03. The van der Waals surface area contributed by atoms with Crippen LogP contribution >= 0.6 is 0 Å². The molecule has 0 unspecified atom stereocenters. The van der Waals surface area contributed by atoms with E-state index in [1.54, 1.807) is 13.1 Å². The Morgan fingerprint density at radius 2 is 2.25 bits per heavy atom. The van der Waals surface area contributed by atoms with Gasteiger partial charge in [-0.15, -0.1) is 0 Å². The van der Waals surface area contributed by atoms with Crippen LogP contribution in [0.25, 0.3) is 0 Å². The first-order chi connectivity index (χ1) is 7.69. The molecule has 0 spiro atoms. The van der Waals surface area contributed by atoms with Gasteiger partial charge in [-0.05, 0) is 6.07 Å². The SMILES string of the molecule is CNC(=O)CNCc1ccoc1C(=O)OC. The normalized spacial score (nSPS) is 9.88. The minimum absolute atomic E-state index is 0.122. The van der Waals surface area contributed by atoms with Crippen LogP contribution in [0.5, 0.6) is 0 Å². The molecule has 0 atom stereocenters. The standard InChI is InChI=1S/C10H14N2O4/c1-11-8(13)6-12-5-7-3-4-16-9(7)10(14)15-2/h3-4,12H,5-6H2,1-2H3,(H,11,13). The molecular weight excluding hydrogens is 212 g/mol. The van der Waals surface area contributed by atoms with Crippen LogP contribution in [0, 0.1) is 0 Å². The van der Waals surface area contributed by atoms with Crippen molar-refractivity contribution in [3.05, 3.63) is 23.7 Å². The average molecular weight is 226 g/mol. The van der Waals surface area contributed by atoms with Gasteiger partial charge >= 0.3 is 5.97 Å². The Balaban J connectivity index is 2.51. The van der Waals surface area contributed by atoms with Crippen LogP contribution in [0.15, 0.2) is 16.7 Å². The van der Waals surface area contributed by atoms with Crippen molar-refractivity contribution in [1.82, 2.24) is 10.6 Å². The highest BCUT2D eigenvalue weighted by Crippen LogP contribution is 2.11. The molecule has 16 heavy (non-hydrogen) atoms. The maximum Gasteiger partial charge on any atom is 0.374 e. The number of rotatable bonds is 5. The molecule has 1 aromatic rings. The second kappa shape index (κ2) is 5.92. The van der Waals surface area contributed by atoms with E-state index in [1.165, 1.54) is 13.4 Å². The van der Waals surface area contributed by atoms with Gasteiger partial charge in [0.05, 0.1) is 19.9 Å². The molecule has 0 fully saturated rings. The van der Waals surface area contributed by atoms with Crippen molar-refractivity contribution in [2.75, 3.05) is 20.7 Å². The largest absolute Gasteiger partial charge is 0.463 e. The van der Waals surface area contributed by atoms with Crippen LogP contribution in [0.1, 0.15) is 16.1 Å². The van der Waals surface area contributed by atoms with Gasteiger partial charge in [0.15, 0.2) is 0 Å². The van der Waals surface area contributed by atoms with Crippen molar-refractivity contribution in [2.45, 2.75) is 6.54 Å². The molecule has 0 saturated heterocycles. The molecule has 0 bridgehead atoms. The fraction of sp³-hybridized carbons (Fsp3) is 0.400. The van der Waals surface area contributed by atoms with E-state index in [4.69, 9.17) is 4.42 Å². The Labute approximate surface area is 93.0 Å². The molecule has 0 saturated carbocycles. The summed E-state index contributed by atoms with van der Waals surface area (Å²) < 4.78 is 9.53. The summed E-state index contributed by atoms with van der Waals surface area (Å²) in [6.45, 7) is 0.552. The van der Waals surface area contributed by atoms with Crippen LogP contribution < -0.4 is 10.6 Å². The number of nitrogens with one attached hydrogen (secondary N) is 2. The van der Waals surface area contributed by atoms with Crippen LogP contribution in [-0.2, 0) is 16.1 Å². The fourth-order valence-corrected chi connectivity index (χ4v) is 1.15. The van der Waals surface area contributed by atoms with Gasteiger partial charge in [0.1, 0.15) is 0 Å². The molecule has 1 rings (SSSR count). The number of carbonyl (C=O) groups excluding carboxylic acids is 2. The number of amides is 1. The van der Waals surface area contributed by atoms with Gasteiger partial charge in [0.25, 0.3) is 0 Å². The Bertz CT molecular complexity index is 373. The van der Waals surface area contributed by atoms with Crippen LogP contribution in [-0.4, -0.2) is 32.6 Å². The van der Waals surface area contributed by atoms with Gasteiger partial charge in [-0.25, -0.2) is 4.79 Å². The highest BCUT2D eigenvalue weighted by atomic mass is 16.5. The summed E-state index contributed by atoms with van der Waals surface area (Å²) in [4.78, 5) is 22.2. The molecule has 88 valence electrons. The number of methoxy groups -OCH3 is 1. The lowest BCUT2D eigenvalue weighted by molar-refractivity contribution is -0.119. The first kappa shape index (κ1) is 12.3. The van der Waals surface area contributed by atoms with Crippen molar-refractivity contribution >= 4 is 11.9 Å². The smallest absolute Gasteiger partial charge is 0.374 e. The van der Waals surface area contributed by atoms with Crippen molar-refractivity contribution < 1.29 is 18.7 Å². The van der Waals surface area contributed by atoms with Gasteiger partial charge in [-0.1, -0.05) is 0 Å². The molecular formula is C10H14N2O4. The Hall–Kier alpha value is -1.82. The van der Waals surface area contributed by atoms with Crippen molar-refractivity contribution in [1.29, 1.82) is 0 Å². The zero-order chi connectivity index (χ0) is 12.0. The maximum atomic E-state index is 11.2.